The van der Waals surface area contributed by atoms with Crippen LogP contribution in [-0.2, 0) is 9.59 Å². The zero-order chi connectivity index (χ0) is 17.9. The van der Waals surface area contributed by atoms with Crippen molar-refractivity contribution in [3.05, 3.63) is 23.8 Å². The molecule has 130 valence electrons. The van der Waals surface area contributed by atoms with Crippen LogP contribution in [0.5, 0.6) is 5.75 Å². The first-order valence-corrected chi connectivity index (χ1v) is 8.28. The smallest absolute Gasteiger partial charge is 0.267 e. The number of likely N-dealkylation sites (N-methyl/N-ethyl adjacent to an activating group) is 1. The van der Waals surface area contributed by atoms with Gasteiger partial charge in [-0.1, -0.05) is 0 Å². The van der Waals surface area contributed by atoms with E-state index < -0.39 is 6.10 Å². The van der Waals surface area contributed by atoms with Crippen molar-refractivity contribution in [2.24, 2.45) is 0 Å². The molecule has 1 heterocycles. The summed E-state index contributed by atoms with van der Waals surface area (Å²) in [6.07, 6.45) is -0.182. The molecule has 2 amide bonds. The fraction of sp³-hybridized carbons (Fsp3) is 0.500. The molecule has 0 aliphatic carbocycles. The highest BCUT2D eigenvalue weighted by molar-refractivity contribution is 6.03. The number of hydrogen-bond donors (Lipinski definition) is 0. The van der Waals surface area contributed by atoms with Gasteiger partial charge in [0.15, 0.2) is 11.9 Å². The number of amides is 2. The van der Waals surface area contributed by atoms with Gasteiger partial charge in [0.2, 0.25) is 5.91 Å². The van der Waals surface area contributed by atoms with Crippen molar-refractivity contribution < 1.29 is 19.1 Å². The van der Waals surface area contributed by atoms with Crippen LogP contribution in [0.1, 0.15) is 44.0 Å². The molecular formula is C18H24N2O4. The van der Waals surface area contributed by atoms with Crippen LogP contribution >= 0.6 is 0 Å². The highest BCUT2D eigenvalue weighted by atomic mass is 16.5. The number of ketones is 1. The second kappa shape index (κ2) is 7.47. The minimum Gasteiger partial charge on any atom is -0.479 e. The average molecular weight is 332 g/mol. The van der Waals surface area contributed by atoms with Crippen molar-refractivity contribution in [3.8, 4) is 5.75 Å². The summed E-state index contributed by atoms with van der Waals surface area (Å²) in [7, 11) is 1.67. The molecule has 0 spiro atoms. The average Bonchev–Trinajstić information content (AvgIpc) is 2.58. The lowest BCUT2D eigenvalue weighted by Gasteiger charge is -2.30. The van der Waals surface area contributed by atoms with Gasteiger partial charge in [0.25, 0.3) is 5.91 Å². The highest BCUT2D eigenvalue weighted by Crippen LogP contribution is 2.34. The van der Waals surface area contributed by atoms with Crippen LogP contribution in [0.3, 0.4) is 0 Å². The Bertz CT molecular complexity index is 652. The Morgan fingerprint density at radius 3 is 2.50 bits per heavy atom. The highest BCUT2D eigenvalue weighted by Gasteiger charge is 2.29. The second-order valence-corrected chi connectivity index (χ2v) is 5.83. The summed E-state index contributed by atoms with van der Waals surface area (Å²) < 4.78 is 5.54. The first-order valence-electron chi connectivity index (χ1n) is 8.28. The Morgan fingerprint density at radius 2 is 1.88 bits per heavy atom. The van der Waals surface area contributed by atoms with E-state index in [2.05, 4.69) is 0 Å². The van der Waals surface area contributed by atoms with Gasteiger partial charge < -0.3 is 14.5 Å². The van der Waals surface area contributed by atoms with Gasteiger partial charge in [-0.2, -0.15) is 0 Å². The molecule has 1 aliphatic heterocycles. The Labute approximate surface area is 142 Å². The van der Waals surface area contributed by atoms with E-state index in [1.54, 1.807) is 37.1 Å². The molecule has 24 heavy (non-hydrogen) atoms. The van der Waals surface area contributed by atoms with Crippen LogP contribution in [-0.4, -0.2) is 48.7 Å². The Balaban J connectivity index is 2.09. The van der Waals surface area contributed by atoms with Crippen LogP contribution in [0.25, 0.3) is 0 Å². The van der Waals surface area contributed by atoms with Crippen molar-refractivity contribution in [2.45, 2.75) is 39.7 Å². The molecule has 0 N–H and O–H groups in total. The molecular weight excluding hydrogens is 308 g/mol. The van der Waals surface area contributed by atoms with E-state index in [9.17, 15) is 14.4 Å². The fourth-order valence-corrected chi connectivity index (χ4v) is 2.78. The maximum absolute atomic E-state index is 12.4. The zero-order valence-corrected chi connectivity index (χ0v) is 14.7. The van der Waals surface area contributed by atoms with Gasteiger partial charge >= 0.3 is 0 Å². The predicted octanol–water partition coefficient (Wildman–Crippen LogP) is 2.26. The number of nitrogens with zero attached hydrogens (tertiary/aromatic N) is 2. The quantitative estimate of drug-likeness (QED) is 0.750. The molecule has 1 unspecified atom stereocenters. The maximum Gasteiger partial charge on any atom is 0.267 e. The number of Topliss-reactive ketones (excluding diaryl/α,β-unsaturated/α-hetero) is 1. The molecule has 6 heteroatoms. The topological polar surface area (TPSA) is 66.9 Å². The molecule has 6 nitrogen and oxygen atoms in total. The Morgan fingerprint density at radius 1 is 1.21 bits per heavy atom. The minimum atomic E-state index is -0.532. The number of hydrogen-bond acceptors (Lipinski definition) is 4. The third kappa shape index (κ3) is 3.58. The lowest BCUT2D eigenvalue weighted by molar-refractivity contribution is -0.130. The van der Waals surface area contributed by atoms with Crippen molar-refractivity contribution in [3.63, 3.8) is 0 Å². The standard InChI is InChI=1S/C18H24N2O4/c1-5-20(6-2)17(22)10-8-15(21)13-7-9-16-14(11-13)19(4)18(23)12(3)24-16/h7,9,11-12H,5-6,8,10H2,1-4H3. The molecule has 0 aromatic heterocycles. The van der Waals surface area contributed by atoms with E-state index in [1.165, 1.54) is 4.90 Å². The molecule has 0 bridgehead atoms. The van der Waals surface area contributed by atoms with Gasteiger partial charge in [-0.25, -0.2) is 0 Å². The van der Waals surface area contributed by atoms with Gasteiger partial charge in [-0.05, 0) is 39.0 Å². The van der Waals surface area contributed by atoms with Crippen LogP contribution in [0.15, 0.2) is 18.2 Å². The number of anilines is 1. The van der Waals surface area contributed by atoms with Crippen molar-refractivity contribution >= 4 is 23.3 Å². The normalized spacial score (nSPS) is 16.4. The summed E-state index contributed by atoms with van der Waals surface area (Å²) in [5.41, 5.74) is 1.07. The number of carbonyl (C=O) groups excluding carboxylic acids is 3. The van der Waals surface area contributed by atoms with E-state index >= 15 is 0 Å². The molecule has 2 rings (SSSR count). The van der Waals surface area contributed by atoms with Crippen molar-refractivity contribution in [2.75, 3.05) is 25.0 Å². The lowest BCUT2D eigenvalue weighted by atomic mass is 10.0. The summed E-state index contributed by atoms with van der Waals surface area (Å²) in [6, 6.07) is 5.04. The van der Waals surface area contributed by atoms with Crippen molar-refractivity contribution in [1.29, 1.82) is 0 Å². The Hall–Kier alpha value is -2.37. The lowest BCUT2D eigenvalue weighted by Crippen LogP contribution is -2.42. The van der Waals surface area contributed by atoms with E-state index in [1.807, 2.05) is 13.8 Å². The monoisotopic (exact) mass is 332 g/mol. The molecule has 1 aliphatic rings. The van der Waals surface area contributed by atoms with Gasteiger partial charge in [-0.3, -0.25) is 14.4 Å². The van der Waals surface area contributed by atoms with E-state index in [4.69, 9.17) is 4.74 Å². The third-order valence-electron chi connectivity index (χ3n) is 4.31. The van der Waals surface area contributed by atoms with E-state index in [-0.39, 0.29) is 30.4 Å². The summed E-state index contributed by atoms with van der Waals surface area (Å²) >= 11 is 0. The van der Waals surface area contributed by atoms with Gasteiger partial charge in [0.05, 0.1) is 5.69 Å². The molecule has 0 saturated carbocycles. The Kier molecular flexibility index (Phi) is 5.59. The van der Waals surface area contributed by atoms with Gasteiger partial charge in [0, 0.05) is 38.5 Å². The van der Waals surface area contributed by atoms with Crippen LogP contribution in [0.2, 0.25) is 0 Å². The molecule has 0 saturated heterocycles. The summed E-state index contributed by atoms with van der Waals surface area (Å²) in [4.78, 5) is 39.6. The number of ether oxygens (including phenoxy) is 1. The summed E-state index contributed by atoms with van der Waals surface area (Å²) in [5, 5.41) is 0. The number of benzene rings is 1. The molecule has 1 aromatic rings. The SMILES string of the molecule is CCN(CC)C(=O)CCC(=O)c1ccc2c(c1)N(C)C(=O)C(C)O2. The molecule has 1 atom stereocenters. The summed E-state index contributed by atoms with van der Waals surface area (Å²) in [5.74, 6) is 0.303. The van der Waals surface area contributed by atoms with Crippen LogP contribution < -0.4 is 9.64 Å². The van der Waals surface area contributed by atoms with Crippen LogP contribution in [0.4, 0.5) is 5.69 Å². The fourth-order valence-electron chi connectivity index (χ4n) is 2.78. The zero-order valence-electron chi connectivity index (χ0n) is 14.7. The number of carbonyl (C=O) groups is 3. The first-order chi connectivity index (χ1) is 11.4. The predicted molar refractivity (Wildman–Crippen MR) is 91.4 cm³/mol. The molecule has 1 aromatic carbocycles. The van der Waals surface area contributed by atoms with Crippen LogP contribution in [0, 0.1) is 0 Å². The third-order valence-corrected chi connectivity index (χ3v) is 4.31. The second-order valence-electron chi connectivity index (χ2n) is 5.83. The number of rotatable bonds is 6. The largest absolute Gasteiger partial charge is 0.479 e. The summed E-state index contributed by atoms with van der Waals surface area (Å²) in [6.45, 7) is 6.82. The van der Waals surface area contributed by atoms with Crippen molar-refractivity contribution in [1.82, 2.24) is 4.90 Å². The maximum atomic E-state index is 12.4. The van der Waals surface area contributed by atoms with E-state index in [0.29, 0.717) is 30.1 Å². The molecule has 0 fully saturated rings. The minimum absolute atomic E-state index is 0.0178. The number of fused-ring (bicyclic) bond motifs is 1. The van der Waals surface area contributed by atoms with E-state index in [0.717, 1.165) is 0 Å². The van der Waals surface area contributed by atoms with Gasteiger partial charge in [0.1, 0.15) is 5.75 Å². The van der Waals surface area contributed by atoms with Gasteiger partial charge in [-0.15, -0.1) is 0 Å². The first kappa shape index (κ1) is 18.0. The molecule has 0 radical (unpaired) electrons.